The Hall–Kier alpha value is -0.320. The second kappa shape index (κ2) is 23.2. The average molecular weight is 579 g/mol. The van der Waals surface area contributed by atoms with E-state index in [0.717, 1.165) is 39.6 Å². The summed E-state index contributed by atoms with van der Waals surface area (Å²) < 4.78 is 21.8. The van der Waals surface area contributed by atoms with E-state index in [2.05, 4.69) is 103 Å². The van der Waals surface area contributed by atoms with Crippen LogP contribution in [-0.4, -0.2) is 143 Å². The Kier molecular flexibility index (Phi) is 25.6. The molecule has 8 nitrogen and oxygen atoms in total. The molecule has 0 saturated carbocycles. The summed E-state index contributed by atoms with van der Waals surface area (Å²) in [6.07, 6.45) is 2.83. The molecule has 246 valence electrons. The number of hydrogen-bond donors (Lipinski definition) is 0. The lowest BCUT2D eigenvalue weighted by molar-refractivity contribution is -0.0448. The Labute approximate surface area is 252 Å². The van der Waals surface area contributed by atoms with Crippen molar-refractivity contribution in [2.75, 3.05) is 80.9 Å². The molecule has 4 aliphatic heterocycles. The lowest BCUT2D eigenvalue weighted by Crippen LogP contribution is -2.45. The molecular formula is C32H74N4O4. The lowest BCUT2D eigenvalue weighted by Gasteiger charge is -2.34. The molecule has 4 saturated heterocycles. The zero-order valence-corrected chi connectivity index (χ0v) is 26.4. The standard InChI is InChI=1S/2C8H17NO.C7H15NO.C6H13NO.3CH4/c1-7-6-9(3)4-5-10-8(7)2;1-7-8(2)10-6-4-5-9(7)3;1-6-7(2)9-5-4-8(6)3;1-5-6(2)8-4-7(5)3;;;/h2*7-8H,4-6H2,1-3H3;6-7H,4-5H2,1-3H3;5-6H,4H2,1-3H3;3*1H4. The van der Waals surface area contributed by atoms with Crippen LogP contribution in [0.2, 0.25) is 0 Å². The van der Waals surface area contributed by atoms with Crippen molar-refractivity contribution in [2.24, 2.45) is 5.92 Å². The molecule has 0 radical (unpaired) electrons. The number of hydrogen-bond acceptors (Lipinski definition) is 8. The van der Waals surface area contributed by atoms with Gasteiger partial charge in [0.05, 0.1) is 44.4 Å². The summed E-state index contributed by atoms with van der Waals surface area (Å²) in [6, 6.07) is 1.75. The number of rotatable bonds is 0. The summed E-state index contributed by atoms with van der Waals surface area (Å²) in [6.45, 7) is 25.4. The molecule has 8 unspecified atom stereocenters. The molecule has 0 aromatic carbocycles. The van der Waals surface area contributed by atoms with E-state index in [1.54, 1.807) is 0 Å². The Morgan fingerprint density at radius 1 is 0.475 bits per heavy atom. The van der Waals surface area contributed by atoms with Crippen LogP contribution in [0.5, 0.6) is 0 Å². The van der Waals surface area contributed by atoms with Crippen LogP contribution in [0.25, 0.3) is 0 Å². The molecule has 4 fully saturated rings. The lowest BCUT2D eigenvalue weighted by atomic mass is 10.1. The van der Waals surface area contributed by atoms with Gasteiger partial charge in [-0.05, 0) is 89.0 Å². The average Bonchev–Trinajstić information content (AvgIpc) is 2.97. The minimum absolute atomic E-state index is 0. The van der Waals surface area contributed by atoms with Crippen molar-refractivity contribution in [3.05, 3.63) is 0 Å². The third-order valence-electron chi connectivity index (χ3n) is 8.78. The van der Waals surface area contributed by atoms with Gasteiger partial charge in [0.15, 0.2) is 0 Å². The first-order valence-electron chi connectivity index (χ1n) is 14.6. The van der Waals surface area contributed by atoms with Gasteiger partial charge in [0.1, 0.15) is 0 Å². The summed E-state index contributed by atoms with van der Waals surface area (Å²) in [5.74, 6) is 0.674. The summed E-state index contributed by atoms with van der Waals surface area (Å²) in [5.41, 5.74) is 0. The molecule has 0 amide bonds. The summed E-state index contributed by atoms with van der Waals surface area (Å²) in [4.78, 5) is 9.21. The van der Waals surface area contributed by atoms with E-state index in [-0.39, 0.29) is 22.3 Å². The van der Waals surface area contributed by atoms with Gasteiger partial charge in [-0.25, -0.2) is 0 Å². The Morgan fingerprint density at radius 2 is 0.900 bits per heavy atom. The van der Waals surface area contributed by atoms with E-state index < -0.39 is 0 Å². The van der Waals surface area contributed by atoms with Gasteiger partial charge < -0.3 is 28.7 Å². The molecule has 4 rings (SSSR count). The highest BCUT2D eigenvalue weighted by Gasteiger charge is 2.24. The van der Waals surface area contributed by atoms with Crippen LogP contribution >= 0.6 is 0 Å². The minimum Gasteiger partial charge on any atom is -0.377 e. The maximum atomic E-state index is 5.54. The van der Waals surface area contributed by atoms with Gasteiger partial charge in [0, 0.05) is 50.9 Å². The van der Waals surface area contributed by atoms with Crippen LogP contribution < -0.4 is 0 Å². The van der Waals surface area contributed by atoms with E-state index in [4.69, 9.17) is 18.9 Å². The summed E-state index contributed by atoms with van der Waals surface area (Å²) in [7, 11) is 8.53. The van der Waals surface area contributed by atoms with E-state index in [1.165, 1.54) is 19.5 Å². The highest BCUT2D eigenvalue weighted by atomic mass is 16.5. The number of likely N-dealkylation sites (N-methyl/N-ethyl adjacent to an activating group) is 4. The van der Waals surface area contributed by atoms with Crippen LogP contribution in [0.4, 0.5) is 0 Å². The number of nitrogens with zero attached hydrogens (tertiary/aromatic N) is 4. The molecule has 8 atom stereocenters. The van der Waals surface area contributed by atoms with Crippen molar-refractivity contribution in [1.82, 2.24) is 19.6 Å². The molecule has 4 aliphatic rings. The van der Waals surface area contributed by atoms with E-state index in [9.17, 15) is 0 Å². The van der Waals surface area contributed by atoms with Crippen molar-refractivity contribution in [1.29, 1.82) is 0 Å². The fourth-order valence-corrected chi connectivity index (χ4v) is 4.51. The second-order valence-corrected chi connectivity index (χ2v) is 11.8. The van der Waals surface area contributed by atoms with E-state index in [1.807, 2.05) is 0 Å². The maximum Gasteiger partial charge on any atom is 0.0995 e. The van der Waals surface area contributed by atoms with Crippen molar-refractivity contribution < 1.29 is 18.9 Å². The Morgan fingerprint density at radius 3 is 1.38 bits per heavy atom. The van der Waals surface area contributed by atoms with Gasteiger partial charge in [-0.1, -0.05) is 29.2 Å². The smallest absolute Gasteiger partial charge is 0.0995 e. The zero-order valence-electron chi connectivity index (χ0n) is 26.4. The van der Waals surface area contributed by atoms with E-state index in [0.29, 0.717) is 48.5 Å². The van der Waals surface area contributed by atoms with Gasteiger partial charge in [0.25, 0.3) is 0 Å². The zero-order chi connectivity index (χ0) is 28.1. The van der Waals surface area contributed by atoms with Crippen molar-refractivity contribution in [2.45, 2.75) is 127 Å². The van der Waals surface area contributed by atoms with Crippen molar-refractivity contribution in [3.8, 4) is 0 Å². The van der Waals surface area contributed by atoms with Crippen LogP contribution in [0, 0.1) is 5.92 Å². The fourth-order valence-electron chi connectivity index (χ4n) is 4.51. The Balaban J connectivity index is -0.000000447. The highest BCUT2D eigenvalue weighted by Crippen LogP contribution is 2.13. The molecule has 8 heteroatoms. The summed E-state index contributed by atoms with van der Waals surface area (Å²) in [5, 5.41) is 0. The maximum absolute atomic E-state index is 5.54. The molecule has 0 spiro atoms. The Bertz CT molecular complexity index is 555. The molecule has 0 bridgehead atoms. The van der Waals surface area contributed by atoms with Gasteiger partial charge in [-0.15, -0.1) is 0 Å². The van der Waals surface area contributed by atoms with Gasteiger partial charge in [-0.2, -0.15) is 0 Å². The minimum atomic E-state index is 0. The van der Waals surface area contributed by atoms with E-state index >= 15 is 0 Å². The first kappa shape index (κ1) is 44.1. The molecule has 4 heterocycles. The van der Waals surface area contributed by atoms with Gasteiger partial charge >= 0.3 is 0 Å². The van der Waals surface area contributed by atoms with Crippen molar-refractivity contribution in [3.63, 3.8) is 0 Å². The first-order valence-corrected chi connectivity index (χ1v) is 14.6. The molecule has 0 aromatic rings. The molecule has 40 heavy (non-hydrogen) atoms. The van der Waals surface area contributed by atoms with Crippen molar-refractivity contribution >= 4 is 0 Å². The predicted octanol–water partition coefficient (Wildman–Crippen LogP) is 5.41. The number of ether oxygens (including phenoxy) is 4. The highest BCUT2D eigenvalue weighted by molar-refractivity contribution is 4.75. The molecule has 0 aliphatic carbocycles. The topological polar surface area (TPSA) is 49.9 Å². The SMILES string of the molecule is C.C.C.CC1CN(C)CCOC1C.CC1OCCCN(C)C1C.CC1OCCN(C)C1C.CC1OCN(C)C1C. The van der Waals surface area contributed by atoms with Crippen LogP contribution in [0.15, 0.2) is 0 Å². The molecule has 0 aromatic heterocycles. The summed E-state index contributed by atoms with van der Waals surface area (Å²) >= 11 is 0. The first-order chi connectivity index (χ1) is 17.3. The van der Waals surface area contributed by atoms with Gasteiger partial charge in [0.2, 0.25) is 0 Å². The normalized spacial score (nSPS) is 35.7. The second-order valence-electron chi connectivity index (χ2n) is 11.8. The molecular weight excluding hydrogens is 504 g/mol. The quantitative estimate of drug-likeness (QED) is 0.379. The predicted molar refractivity (Wildman–Crippen MR) is 175 cm³/mol. The largest absolute Gasteiger partial charge is 0.377 e. The third kappa shape index (κ3) is 16.4. The molecule has 0 N–H and O–H groups in total. The fraction of sp³-hybridized carbons (Fsp3) is 1.00. The van der Waals surface area contributed by atoms with Crippen LogP contribution in [0.3, 0.4) is 0 Å². The van der Waals surface area contributed by atoms with Crippen LogP contribution in [-0.2, 0) is 18.9 Å². The monoisotopic (exact) mass is 579 g/mol. The third-order valence-corrected chi connectivity index (χ3v) is 8.78. The number of morpholine rings is 1. The van der Waals surface area contributed by atoms with Crippen LogP contribution in [0.1, 0.15) is 84.1 Å². The van der Waals surface area contributed by atoms with Gasteiger partial charge in [-0.3, -0.25) is 9.80 Å².